The van der Waals surface area contributed by atoms with Crippen LogP contribution in [0.15, 0.2) is 64.1 Å². The summed E-state index contributed by atoms with van der Waals surface area (Å²) in [5.41, 5.74) is 0.924. The highest BCUT2D eigenvalue weighted by atomic mass is 32.2. The maximum Gasteiger partial charge on any atom is 0.331 e. The fraction of sp³-hybridized carbons (Fsp3) is 0.167. The summed E-state index contributed by atoms with van der Waals surface area (Å²) < 4.78 is 4.88. The number of thioether (sulfide) groups is 1. The molecular formula is C18H16N2O3S. The van der Waals surface area contributed by atoms with Gasteiger partial charge in [0, 0.05) is 18.0 Å². The van der Waals surface area contributed by atoms with E-state index in [2.05, 4.69) is 0 Å². The molecule has 1 aromatic carbocycles. The number of allylic oxidation sites excluding steroid dienone is 3. The molecule has 0 atom stereocenters. The lowest BCUT2D eigenvalue weighted by Crippen LogP contribution is -2.19. The van der Waals surface area contributed by atoms with Gasteiger partial charge in [-0.15, -0.1) is 0 Å². The number of nitriles is 1. The molecule has 0 saturated heterocycles. The first-order valence-electron chi connectivity index (χ1n) is 7.22. The van der Waals surface area contributed by atoms with Crippen molar-refractivity contribution in [2.45, 2.75) is 11.8 Å². The standard InChI is InChI=1S/C18H16N2O3S/c1-3-4-5-10-17(22)23-12-15(21)13(11-19)18-20(2)14-8-6-7-9-16(14)24-18/h3-10H,12H2,1-2H3/b4-3+,10-5+,18-13-. The Morgan fingerprint density at radius 2 is 2.08 bits per heavy atom. The van der Waals surface area contributed by atoms with E-state index in [1.54, 1.807) is 24.1 Å². The van der Waals surface area contributed by atoms with Crippen molar-refractivity contribution in [1.29, 1.82) is 5.26 Å². The summed E-state index contributed by atoms with van der Waals surface area (Å²) >= 11 is 1.36. The Morgan fingerprint density at radius 3 is 2.75 bits per heavy atom. The summed E-state index contributed by atoms with van der Waals surface area (Å²) in [6.07, 6.45) is 6.18. The quantitative estimate of drug-likeness (QED) is 0.355. The average Bonchev–Trinajstić information content (AvgIpc) is 2.91. The van der Waals surface area contributed by atoms with Gasteiger partial charge in [-0.1, -0.05) is 42.1 Å². The smallest absolute Gasteiger partial charge is 0.331 e. The highest BCUT2D eigenvalue weighted by Crippen LogP contribution is 2.45. The van der Waals surface area contributed by atoms with Gasteiger partial charge >= 0.3 is 5.97 Å². The molecule has 0 radical (unpaired) electrons. The lowest BCUT2D eigenvalue weighted by Gasteiger charge is -2.14. The molecule has 0 N–H and O–H groups in total. The van der Waals surface area contributed by atoms with Crippen molar-refractivity contribution >= 4 is 29.2 Å². The Kier molecular flexibility index (Phi) is 5.99. The third-order valence-electron chi connectivity index (χ3n) is 3.22. The van der Waals surface area contributed by atoms with Crippen LogP contribution in [-0.2, 0) is 14.3 Å². The monoisotopic (exact) mass is 340 g/mol. The maximum atomic E-state index is 12.3. The highest BCUT2D eigenvalue weighted by Gasteiger charge is 2.28. The van der Waals surface area contributed by atoms with Gasteiger partial charge in [0.25, 0.3) is 0 Å². The van der Waals surface area contributed by atoms with Crippen LogP contribution in [0, 0.1) is 11.3 Å². The first-order valence-corrected chi connectivity index (χ1v) is 8.04. The van der Waals surface area contributed by atoms with Gasteiger partial charge in [0.1, 0.15) is 16.7 Å². The Bertz CT molecular complexity index is 788. The van der Waals surface area contributed by atoms with E-state index >= 15 is 0 Å². The maximum absolute atomic E-state index is 12.3. The van der Waals surface area contributed by atoms with Crippen molar-refractivity contribution in [3.05, 3.63) is 59.2 Å². The number of carbonyl (C=O) groups is 2. The zero-order valence-corrected chi connectivity index (χ0v) is 14.2. The molecule has 0 bridgehead atoms. The summed E-state index contributed by atoms with van der Waals surface area (Å²) in [5.74, 6) is -1.15. The Hall–Kier alpha value is -2.78. The number of anilines is 1. The van der Waals surface area contributed by atoms with Crippen molar-refractivity contribution in [2.75, 3.05) is 18.6 Å². The Labute approximate surface area is 144 Å². The number of carbonyl (C=O) groups excluding carboxylic acids is 2. The number of ether oxygens (including phenoxy) is 1. The summed E-state index contributed by atoms with van der Waals surface area (Å²) in [5, 5.41) is 9.91. The minimum atomic E-state index is -0.626. The zero-order chi connectivity index (χ0) is 17.5. The molecule has 0 unspecified atom stereocenters. The molecule has 0 aliphatic carbocycles. The third kappa shape index (κ3) is 3.94. The largest absolute Gasteiger partial charge is 0.454 e. The number of Topliss-reactive ketones (excluding diaryl/α,β-unsaturated/α-hetero) is 1. The molecule has 122 valence electrons. The molecule has 1 heterocycles. The van der Waals surface area contributed by atoms with Crippen LogP contribution in [0.2, 0.25) is 0 Å². The number of benzene rings is 1. The van der Waals surface area contributed by atoms with Crippen molar-refractivity contribution in [3.63, 3.8) is 0 Å². The lowest BCUT2D eigenvalue weighted by atomic mass is 10.2. The predicted octanol–water partition coefficient (Wildman–Crippen LogP) is 3.21. The molecule has 0 aromatic heterocycles. The fourth-order valence-electron chi connectivity index (χ4n) is 2.05. The summed E-state index contributed by atoms with van der Waals surface area (Å²) in [6, 6.07) is 9.57. The van der Waals surface area contributed by atoms with Gasteiger partial charge in [0.2, 0.25) is 5.78 Å². The molecule has 1 aliphatic heterocycles. The Morgan fingerprint density at radius 1 is 1.33 bits per heavy atom. The molecule has 6 heteroatoms. The van der Waals surface area contributed by atoms with Crippen LogP contribution in [-0.4, -0.2) is 25.4 Å². The summed E-state index contributed by atoms with van der Waals surface area (Å²) in [7, 11) is 1.80. The predicted molar refractivity (Wildman–Crippen MR) is 93.3 cm³/mol. The number of ketones is 1. The number of rotatable bonds is 5. The van der Waals surface area contributed by atoms with E-state index in [0.717, 1.165) is 10.6 Å². The minimum absolute atomic E-state index is 0.0102. The molecule has 0 amide bonds. The van der Waals surface area contributed by atoms with Crippen LogP contribution in [0.25, 0.3) is 0 Å². The molecule has 1 aliphatic rings. The number of esters is 1. The van der Waals surface area contributed by atoms with Crippen LogP contribution in [0.3, 0.4) is 0 Å². The molecule has 0 saturated carbocycles. The van der Waals surface area contributed by atoms with Crippen LogP contribution in [0.5, 0.6) is 0 Å². The van der Waals surface area contributed by atoms with Crippen molar-refractivity contribution in [2.24, 2.45) is 0 Å². The van der Waals surface area contributed by atoms with E-state index in [0.29, 0.717) is 5.03 Å². The van der Waals surface area contributed by atoms with E-state index in [1.165, 1.54) is 23.9 Å². The summed E-state index contributed by atoms with van der Waals surface area (Å²) in [4.78, 5) is 26.5. The van der Waals surface area contributed by atoms with Gasteiger partial charge in [-0.25, -0.2) is 4.79 Å². The second-order valence-corrected chi connectivity index (χ2v) is 5.87. The molecule has 1 aromatic rings. The van der Waals surface area contributed by atoms with E-state index in [1.807, 2.05) is 37.3 Å². The number of para-hydroxylation sites is 1. The van der Waals surface area contributed by atoms with Crippen molar-refractivity contribution in [3.8, 4) is 6.07 Å². The van der Waals surface area contributed by atoms with E-state index in [-0.39, 0.29) is 5.57 Å². The van der Waals surface area contributed by atoms with Crippen LogP contribution >= 0.6 is 11.8 Å². The molecule has 0 fully saturated rings. The zero-order valence-electron chi connectivity index (χ0n) is 13.4. The SMILES string of the molecule is C/C=C/C=C/C(=O)OCC(=O)/C(C#N)=C1\Sc2ccccc2N1C. The van der Waals surface area contributed by atoms with E-state index in [9.17, 15) is 14.9 Å². The van der Waals surface area contributed by atoms with Gasteiger partial charge < -0.3 is 9.64 Å². The van der Waals surface area contributed by atoms with Gasteiger partial charge in [-0.2, -0.15) is 5.26 Å². The minimum Gasteiger partial charge on any atom is -0.454 e. The Balaban J connectivity index is 2.11. The normalized spacial score (nSPS) is 15.5. The van der Waals surface area contributed by atoms with E-state index < -0.39 is 18.4 Å². The number of hydrogen-bond donors (Lipinski definition) is 0. The lowest BCUT2D eigenvalue weighted by molar-refractivity contribution is -0.141. The molecule has 24 heavy (non-hydrogen) atoms. The highest BCUT2D eigenvalue weighted by molar-refractivity contribution is 8.03. The van der Waals surface area contributed by atoms with Gasteiger partial charge in [-0.05, 0) is 19.1 Å². The second-order valence-electron chi connectivity index (χ2n) is 4.84. The van der Waals surface area contributed by atoms with Gasteiger partial charge in [0.05, 0.1) is 5.69 Å². The topological polar surface area (TPSA) is 70.4 Å². The van der Waals surface area contributed by atoms with Crippen molar-refractivity contribution < 1.29 is 14.3 Å². The molecule has 5 nitrogen and oxygen atoms in total. The van der Waals surface area contributed by atoms with Gasteiger partial charge in [0.15, 0.2) is 6.61 Å². The molecule has 2 rings (SSSR count). The first kappa shape index (κ1) is 17.6. The number of hydrogen-bond acceptors (Lipinski definition) is 6. The van der Waals surface area contributed by atoms with Crippen LogP contribution in [0.4, 0.5) is 5.69 Å². The number of fused-ring (bicyclic) bond motifs is 1. The van der Waals surface area contributed by atoms with Crippen LogP contribution < -0.4 is 4.90 Å². The molecular weight excluding hydrogens is 324 g/mol. The summed E-state index contributed by atoms with van der Waals surface area (Å²) in [6.45, 7) is 1.36. The molecule has 0 spiro atoms. The second kappa shape index (κ2) is 8.18. The number of nitrogens with zero attached hydrogens (tertiary/aromatic N) is 2. The average molecular weight is 340 g/mol. The third-order valence-corrected chi connectivity index (χ3v) is 4.46. The van der Waals surface area contributed by atoms with Crippen LogP contribution in [0.1, 0.15) is 6.92 Å². The van der Waals surface area contributed by atoms with Crippen molar-refractivity contribution in [1.82, 2.24) is 0 Å². The van der Waals surface area contributed by atoms with Gasteiger partial charge in [-0.3, -0.25) is 4.79 Å². The fourth-order valence-corrected chi connectivity index (χ4v) is 3.21. The first-order chi connectivity index (χ1) is 11.6. The van der Waals surface area contributed by atoms with E-state index in [4.69, 9.17) is 4.74 Å².